The zero-order valence-electron chi connectivity index (χ0n) is 18.0. The van der Waals surface area contributed by atoms with Crippen LogP contribution in [-0.2, 0) is 11.4 Å². The molecule has 0 N–H and O–H groups in total. The molecule has 0 spiro atoms. The average molecular weight is 413 g/mol. The van der Waals surface area contributed by atoms with E-state index < -0.39 is 0 Å². The molecule has 0 unspecified atom stereocenters. The highest BCUT2D eigenvalue weighted by atomic mass is 19.1. The van der Waals surface area contributed by atoms with Crippen molar-refractivity contribution in [3.05, 3.63) is 113 Å². The molecule has 0 aliphatic carbocycles. The fourth-order valence-corrected chi connectivity index (χ4v) is 3.74. The van der Waals surface area contributed by atoms with E-state index in [1.807, 2.05) is 43.3 Å². The summed E-state index contributed by atoms with van der Waals surface area (Å²) in [6, 6.07) is 26.9. The third-order valence-electron chi connectivity index (χ3n) is 5.47. The van der Waals surface area contributed by atoms with Crippen LogP contribution < -0.4 is 0 Å². The van der Waals surface area contributed by atoms with E-state index in [0.29, 0.717) is 6.61 Å². The Morgan fingerprint density at radius 1 is 0.903 bits per heavy atom. The van der Waals surface area contributed by atoms with Crippen LogP contribution in [0.5, 0.6) is 0 Å². The Balaban J connectivity index is 1.71. The van der Waals surface area contributed by atoms with E-state index in [2.05, 4.69) is 47.8 Å². The van der Waals surface area contributed by atoms with E-state index in [1.165, 1.54) is 17.7 Å². The summed E-state index contributed by atoms with van der Waals surface area (Å²) in [5, 5.41) is 4.39. The van der Waals surface area contributed by atoms with Crippen LogP contribution in [0, 0.1) is 19.7 Å². The topological polar surface area (TPSA) is 26.5 Å². The van der Waals surface area contributed by atoms with E-state index >= 15 is 0 Å². The Kier molecular flexibility index (Phi) is 5.99. The summed E-state index contributed by atoms with van der Waals surface area (Å²) in [6.07, 6.45) is 0. The largest absolute Gasteiger partial charge is 0.391 e. The van der Waals surface area contributed by atoms with Gasteiger partial charge in [-0.25, -0.2) is 4.39 Å². The van der Waals surface area contributed by atoms with Gasteiger partial charge >= 0.3 is 0 Å². The molecule has 4 heteroatoms. The van der Waals surface area contributed by atoms with Gasteiger partial charge in [-0.1, -0.05) is 47.6 Å². The standard InChI is InChI=1S/C27H25FN2O/c1-19-9-7-8-10-23(19)18-31-29-20(2)26-17-27(22-13-15-24(28)16-14-22)30(21(26)3)25-11-5-4-6-12-25/h4-17H,18H2,1-3H3/b29-20+. The normalized spacial score (nSPS) is 11.5. The molecule has 0 aliphatic rings. The van der Waals surface area contributed by atoms with E-state index in [9.17, 15) is 4.39 Å². The van der Waals surface area contributed by atoms with Crippen molar-refractivity contribution < 1.29 is 9.23 Å². The first-order valence-electron chi connectivity index (χ1n) is 10.3. The molecule has 1 aromatic heterocycles. The van der Waals surface area contributed by atoms with Gasteiger partial charge in [-0.3, -0.25) is 0 Å². The number of hydrogen-bond acceptors (Lipinski definition) is 2. The molecule has 0 amide bonds. The van der Waals surface area contributed by atoms with Crippen molar-refractivity contribution in [3.63, 3.8) is 0 Å². The summed E-state index contributed by atoms with van der Waals surface area (Å²) < 4.78 is 15.7. The quantitative estimate of drug-likeness (QED) is 0.251. The SMILES string of the molecule is C/C(=N\OCc1ccccc1C)c1cc(-c2ccc(F)cc2)n(-c2ccccc2)c1C. The molecular formula is C27H25FN2O. The predicted octanol–water partition coefficient (Wildman–Crippen LogP) is 6.84. The highest BCUT2D eigenvalue weighted by Crippen LogP contribution is 2.30. The van der Waals surface area contributed by atoms with Crippen molar-refractivity contribution in [1.29, 1.82) is 0 Å². The first kappa shape index (κ1) is 20.6. The third kappa shape index (κ3) is 4.43. The van der Waals surface area contributed by atoms with Gasteiger partial charge in [-0.05, 0) is 79.9 Å². The molecular weight excluding hydrogens is 387 g/mol. The minimum absolute atomic E-state index is 0.249. The second-order valence-corrected chi connectivity index (χ2v) is 7.58. The van der Waals surface area contributed by atoms with Gasteiger partial charge in [0.2, 0.25) is 0 Å². The lowest BCUT2D eigenvalue weighted by Crippen LogP contribution is -2.02. The Bertz CT molecular complexity index is 1210. The van der Waals surface area contributed by atoms with Gasteiger partial charge in [0.15, 0.2) is 0 Å². The van der Waals surface area contributed by atoms with Crippen LogP contribution in [0.4, 0.5) is 4.39 Å². The highest BCUT2D eigenvalue weighted by molar-refractivity contribution is 6.01. The molecule has 0 saturated carbocycles. The molecule has 0 bridgehead atoms. The zero-order valence-corrected chi connectivity index (χ0v) is 18.0. The van der Waals surface area contributed by atoms with Crippen molar-refractivity contribution >= 4 is 5.71 Å². The van der Waals surface area contributed by atoms with Gasteiger partial charge in [0.05, 0.1) is 11.4 Å². The molecule has 31 heavy (non-hydrogen) atoms. The number of para-hydroxylation sites is 1. The molecule has 0 aliphatic heterocycles. The van der Waals surface area contributed by atoms with Crippen molar-refractivity contribution in [2.45, 2.75) is 27.4 Å². The Hall–Kier alpha value is -3.66. The van der Waals surface area contributed by atoms with Crippen molar-refractivity contribution in [3.8, 4) is 16.9 Å². The molecule has 0 fully saturated rings. The fraction of sp³-hybridized carbons (Fsp3) is 0.148. The van der Waals surface area contributed by atoms with Crippen LogP contribution in [0.2, 0.25) is 0 Å². The summed E-state index contributed by atoms with van der Waals surface area (Å²) in [7, 11) is 0. The van der Waals surface area contributed by atoms with Crippen LogP contribution in [0.25, 0.3) is 16.9 Å². The molecule has 3 nitrogen and oxygen atoms in total. The van der Waals surface area contributed by atoms with Crippen molar-refractivity contribution in [2.24, 2.45) is 5.16 Å². The minimum Gasteiger partial charge on any atom is -0.391 e. The maximum absolute atomic E-state index is 13.5. The number of oxime groups is 1. The first-order chi connectivity index (χ1) is 15.0. The molecule has 1 heterocycles. The third-order valence-corrected chi connectivity index (χ3v) is 5.47. The van der Waals surface area contributed by atoms with E-state index in [0.717, 1.165) is 39.5 Å². The van der Waals surface area contributed by atoms with Gasteiger partial charge < -0.3 is 9.40 Å². The second-order valence-electron chi connectivity index (χ2n) is 7.58. The molecule has 0 atom stereocenters. The molecule has 4 aromatic rings. The Labute approximate surface area is 182 Å². The molecule has 0 saturated heterocycles. The lowest BCUT2D eigenvalue weighted by Gasteiger charge is -2.12. The number of nitrogens with zero attached hydrogens (tertiary/aromatic N) is 2. The van der Waals surface area contributed by atoms with Gasteiger partial charge in [-0.15, -0.1) is 0 Å². The molecule has 156 valence electrons. The van der Waals surface area contributed by atoms with Crippen LogP contribution in [0.1, 0.15) is 29.3 Å². The maximum Gasteiger partial charge on any atom is 0.142 e. The average Bonchev–Trinajstić information content (AvgIpc) is 3.13. The van der Waals surface area contributed by atoms with E-state index in [1.54, 1.807) is 12.1 Å². The van der Waals surface area contributed by atoms with Crippen LogP contribution in [0.15, 0.2) is 90.1 Å². The van der Waals surface area contributed by atoms with Crippen molar-refractivity contribution in [2.75, 3.05) is 0 Å². The molecule has 0 radical (unpaired) electrons. The second kappa shape index (κ2) is 9.00. The summed E-state index contributed by atoms with van der Waals surface area (Å²) in [6.45, 7) is 6.50. The number of benzene rings is 3. The van der Waals surface area contributed by atoms with Crippen LogP contribution in [0.3, 0.4) is 0 Å². The molecule has 3 aromatic carbocycles. The molecule has 4 rings (SSSR count). The van der Waals surface area contributed by atoms with Crippen LogP contribution >= 0.6 is 0 Å². The Morgan fingerprint density at radius 2 is 1.58 bits per heavy atom. The number of aromatic nitrogens is 1. The summed E-state index contributed by atoms with van der Waals surface area (Å²) in [5.41, 5.74) is 8.09. The Morgan fingerprint density at radius 3 is 2.29 bits per heavy atom. The lowest BCUT2D eigenvalue weighted by atomic mass is 10.1. The monoisotopic (exact) mass is 412 g/mol. The zero-order chi connectivity index (χ0) is 21.8. The summed E-state index contributed by atoms with van der Waals surface area (Å²) in [4.78, 5) is 5.68. The lowest BCUT2D eigenvalue weighted by molar-refractivity contribution is 0.130. The van der Waals surface area contributed by atoms with Gasteiger partial charge in [0.25, 0.3) is 0 Å². The van der Waals surface area contributed by atoms with E-state index in [-0.39, 0.29) is 5.82 Å². The van der Waals surface area contributed by atoms with Gasteiger partial charge in [-0.2, -0.15) is 0 Å². The summed E-state index contributed by atoms with van der Waals surface area (Å²) >= 11 is 0. The van der Waals surface area contributed by atoms with Crippen molar-refractivity contribution in [1.82, 2.24) is 4.57 Å². The smallest absolute Gasteiger partial charge is 0.142 e. The predicted molar refractivity (Wildman–Crippen MR) is 124 cm³/mol. The first-order valence-corrected chi connectivity index (χ1v) is 10.3. The number of hydrogen-bond donors (Lipinski definition) is 0. The fourth-order valence-electron chi connectivity index (χ4n) is 3.74. The van der Waals surface area contributed by atoms with Gasteiger partial charge in [0.1, 0.15) is 12.4 Å². The maximum atomic E-state index is 13.5. The van der Waals surface area contributed by atoms with E-state index in [4.69, 9.17) is 4.84 Å². The highest BCUT2D eigenvalue weighted by Gasteiger charge is 2.17. The number of aryl methyl sites for hydroxylation is 1. The van der Waals surface area contributed by atoms with Crippen LogP contribution in [-0.4, -0.2) is 10.3 Å². The summed E-state index contributed by atoms with van der Waals surface area (Å²) in [5.74, 6) is -0.249. The minimum atomic E-state index is -0.249. The van der Waals surface area contributed by atoms with Gasteiger partial charge in [0, 0.05) is 16.9 Å². The number of rotatable bonds is 6. The number of halogens is 1.